The molecule has 1 atom stereocenters. The van der Waals surface area contributed by atoms with Gasteiger partial charge in [-0.25, -0.2) is 0 Å². The molecule has 168 valence electrons. The summed E-state index contributed by atoms with van der Waals surface area (Å²) in [5.74, 6) is -0.288. The number of nitrogens with zero attached hydrogens (tertiary/aromatic N) is 3. The Hall–Kier alpha value is -3.38. The van der Waals surface area contributed by atoms with Crippen LogP contribution in [0, 0.1) is 5.41 Å². The molecule has 1 amide bonds. The third-order valence-corrected chi connectivity index (χ3v) is 6.54. The number of aryl methyl sites for hydroxylation is 1. The number of hydrogen-bond acceptors (Lipinski definition) is 5. The number of pyridine rings is 1. The molecule has 2 aromatic carbocycles. The monoisotopic (exact) mass is 456 g/mol. The summed E-state index contributed by atoms with van der Waals surface area (Å²) < 4.78 is 0. The highest BCUT2D eigenvalue weighted by molar-refractivity contribution is 7.13. The first-order valence-electron chi connectivity index (χ1n) is 11.2. The SMILES string of the molecule is CCCc1ccc(-c2ccc(C(c3ccccc3)C(C)(C)C(=O)Nc3nncs3)cn2)cc1. The van der Waals surface area contributed by atoms with E-state index in [1.165, 1.54) is 16.9 Å². The summed E-state index contributed by atoms with van der Waals surface area (Å²) in [6.45, 7) is 6.11. The fourth-order valence-corrected chi connectivity index (χ4v) is 4.61. The van der Waals surface area contributed by atoms with Crippen LogP contribution < -0.4 is 5.32 Å². The summed E-state index contributed by atoms with van der Waals surface area (Å²) in [5.41, 5.74) is 6.26. The van der Waals surface area contributed by atoms with E-state index in [2.05, 4.69) is 64.9 Å². The molecule has 0 saturated heterocycles. The Morgan fingerprint density at radius 3 is 2.36 bits per heavy atom. The number of nitrogens with one attached hydrogen (secondary N) is 1. The summed E-state index contributed by atoms with van der Waals surface area (Å²) in [6, 6.07) is 22.8. The molecule has 6 heteroatoms. The standard InChI is InChI=1S/C27H28N4OS/c1-4-8-19-11-13-20(14-12-19)23-16-15-22(17-28-23)24(21-9-6-5-7-10-21)27(2,3)25(32)30-26-31-29-18-33-26/h5-7,9-18,24H,4,8H2,1-3H3,(H,30,31,32). The van der Waals surface area contributed by atoms with Gasteiger partial charge < -0.3 is 5.32 Å². The molecule has 2 heterocycles. The topological polar surface area (TPSA) is 67.8 Å². The van der Waals surface area contributed by atoms with Gasteiger partial charge in [-0.1, -0.05) is 99.2 Å². The van der Waals surface area contributed by atoms with Crippen LogP contribution in [0.4, 0.5) is 5.13 Å². The van der Waals surface area contributed by atoms with Crippen molar-refractivity contribution in [3.63, 3.8) is 0 Å². The average Bonchev–Trinajstić information content (AvgIpc) is 3.34. The van der Waals surface area contributed by atoms with Gasteiger partial charge in [0.1, 0.15) is 5.51 Å². The van der Waals surface area contributed by atoms with Gasteiger partial charge >= 0.3 is 0 Å². The first kappa shape index (κ1) is 22.8. The molecular weight excluding hydrogens is 428 g/mol. The number of anilines is 1. The van der Waals surface area contributed by atoms with Crippen LogP contribution in [0.5, 0.6) is 0 Å². The summed E-state index contributed by atoms with van der Waals surface area (Å²) in [6.07, 6.45) is 4.11. The Kier molecular flexibility index (Phi) is 6.94. The second kappa shape index (κ2) is 10.0. The number of aromatic nitrogens is 3. The van der Waals surface area contributed by atoms with Crippen LogP contribution in [-0.4, -0.2) is 21.1 Å². The molecule has 0 saturated carbocycles. The summed E-state index contributed by atoms with van der Waals surface area (Å²) in [5, 5.41) is 11.2. The quantitative estimate of drug-likeness (QED) is 0.335. The number of carbonyl (C=O) groups excluding carboxylic acids is 1. The highest BCUT2D eigenvalue weighted by Crippen LogP contribution is 2.42. The van der Waals surface area contributed by atoms with Crippen molar-refractivity contribution in [2.75, 3.05) is 5.32 Å². The molecule has 0 aliphatic heterocycles. The van der Waals surface area contributed by atoms with E-state index in [9.17, 15) is 4.79 Å². The van der Waals surface area contributed by atoms with Crippen molar-refractivity contribution in [3.8, 4) is 11.3 Å². The van der Waals surface area contributed by atoms with Gasteiger partial charge in [0, 0.05) is 17.7 Å². The minimum Gasteiger partial charge on any atom is -0.300 e. The Bertz CT molecular complexity index is 1170. The Morgan fingerprint density at radius 2 is 1.76 bits per heavy atom. The fraction of sp³-hybridized carbons (Fsp3) is 0.259. The first-order valence-corrected chi connectivity index (χ1v) is 12.0. The predicted molar refractivity (Wildman–Crippen MR) is 134 cm³/mol. The van der Waals surface area contributed by atoms with Gasteiger partial charge in [0.2, 0.25) is 11.0 Å². The largest absolute Gasteiger partial charge is 0.300 e. The molecule has 5 nitrogen and oxygen atoms in total. The number of carbonyl (C=O) groups is 1. The molecular formula is C27H28N4OS. The molecule has 1 N–H and O–H groups in total. The lowest BCUT2D eigenvalue weighted by Gasteiger charge is -2.33. The Labute approximate surface area is 199 Å². The second-order valence-electron chi connectivity index (χ2n) is 8.69. The molecule has 0 aliphatic rings. The van der Waals surface area contributed by atoms with E-state index in [0.29, 0.717) is 5.13 Å². The number of hydrogen-bond donors (Lipinski definition) is 1. The smallest absolute Gasteiger partial charge is 0.232 e. The zero-order valence-electron chi connectivity index (χ0n) is 19.2. The van der Waals surface area contributed by atoms with Gasteiger partial charge in [0.25, 0.3) is 0 Å². The van der Waals surface area contributed by atoms with Crippen molar-refractivity contribution in [2.24, 2.45) is 5.41 Å². The van der Waals surface area contributed by atoms with Crippen LogP contribution in [0.1, 0.15) is 49.8 Å². The van der Waals surface area contributed by atoms with Crippen LogP contribution >= 0.6 is 11.3 Å². The van der Waals surface area contributed by atoms with E-state index in [1.807, 2.05) is 44.3 Å². The third-order valence-electron chi connectivity index (χ3n) is 5.93. The van der Waals surface area contributed by atoms with Crippen molar-refractivity contribution < 1.29 is 4.79 Å². The van der Waals surface area contributed by atoms with Gasteiger partial charge in [0.05, 0.1) is 11.1 Å². The molecule has 0 aliphatic carbocycles. The van der Waals surface area contributed by atoms with Crippen molar-refractivity contribution >= 4 is 22.4 Å². The molecule has 4 rings (SSSR count). The van der Waals surface area contributed by atoms with Crippen LogP contribution in [0.25, 0.3) is 11.3 Å². The van der Waals surface area contributed by atoms with E-state index in [1.54, 1.807) is 5.51 Å². The predicted octanol–water partition coefficient (Wildman–Crippen LogP) is 6.35. The van der Waals surface area contributed by atoms with Crippen LogP contribution in [-0.2, 0) is 11.2 Å². The minimum absolute atomic E-state index is 0.108. The summed E-state index contributed by atoms with van der Waals surface area (Å²) in [7, 11) is 0. The van der Waals surface area contributed by atoms with Crippen molar-refractivity contribution in [1.29, 1.82) is 0 Å². The molecule has 0 bridgehead atoms. The number of rotatable bonds is 8. The fourth-order valence-electron chi connectivity index (χ4n) is 4.17. The lowest BCUT2D eigenvalue weighted by molar-refractivity contribution is -0.124. The highest BCUT2D eigenvalue weighted by atomic mass is 32.1. The minimum atomic E-state index is -0.752. The molecule has 33 heavy (non-hydrogen) atoms. The van der Waals surface area contributed by atoms with E-state index in [0.717, 1.165) is 35.2 Å². The van der Waals surface area contributed by atoms with Gasteiger partial charge in [0.15, 0.2) is 0 Å². The average molecular weight is 457 g/mol. The Balaban J connectivity index is 1.65. The van der Waals surface area contributed by atoms with E-state index in [-0.39, 0.29) is 11.8 Å². The van der Waals surface area contributed by atoms with Crippen LogP contribution in [0.15, 0.2) is 78.4 Å². The lowest BCUT2D eigenvalue weighted by Crippen LogP contribution is -2.37. The zero-order valence-corrected chi connectivity index (χ0v) is 20.0. The van der Waals surface area contributed by atoms with Gasteiger partial charge in [-0.3, -0.25) is 9.78 Å². The van der Waals surface area contributed by atoms with Crippen LogP contribution in [0.2, 0.25) is 0 Å². The maximum absolute atomic E-state index is 13.3. The molecule has 0 spiro atoms. The maximum Gasteiger partial charge on any atom is 0.232 e. The summed E-state index contributed by atoms with van der Waals surface area (Å²) >= 11 is 1.31. The van der Waals surface area contributed by atoms with Gasteiger partial charge in [-0.2, -0.15) is 0 Å². The van der Waals surface area contributed by atoms with Gasteiger partial charge in [-0.15, -0.1) is 10.2 Å². The number of benzene rings is 2. The second-order valence-corrected chi connectivity index (χ2v) is 9.52. The highest BCUT2D eigenvalue weighted by Gasteiger charge is 2.39. The van der Waals surface area contributed by atoms with Crippen molar-refractivity contribution in [1.82, 2.24) is 15.2 Å². The van der Waals surface area contributed by atoms with E-state index < -0.39 is 5.41 Å². The maximum atomic E-state index is 13.3. The normalized spacial score (nSPS) is 12.3. The molecule has 1 unspecified atom stereocenters. The Morgan fingerprint density at radius 1 is 1.00 bits per heavy atom. The summed E-state index contributed by atoms with van der Waals surface area (Å²) in [4.78, 5) is 18.1. The molecule has 2 aromatic heterocycles. The van der Waals surface area contributed by atoms with E-state index >= 15 is 0 Å². The van der Waals surface area contributed by atoms with Crippen molar-refractivity contribution in [3.05, 3.63) is 95.1 Å². The zero-order chi connectivity index (χ0) is 23.3. The molecule has 4 aromatic rings. The molecule has 0 radical (unpaired) electrons. The first-order chi connectivity index (χ1) is 16.0. The van der Waals surface area contributed by atoms with Gasteiger partial charge in [-0.05, 0) is 29.2 Å². The van der Waals surface area contributed by atoms with Crippen LogP contribution in [0.3, 0.4) is 0 Å². The van der Waals surface area contributed by atoms with E-state index in [4.69, 9.17) is 4.98 Å². The number of amides is 1. The van der Waals surface area contributed by atoms with Crippen molar-refractivity contribution in [2.45, 2.75) is 39.5 Å². The third kappa shape index (κ3) is 5.17. The molecule has 0 fully saturated rings. The lowest BCUT2D eigenvalue weighted by atomic mass is 9.71.